The second-order valence-corrected chi connectivity index (χ2v) is 4.17. The predicted molar refractivity (Wildman–Crippen MR) is 69.5 cm³/mol. The number of hydrogen-bond donors (Lipinski definition) is 2. The SMILES string of the molecule is O=C(Cc1occc1C(=O)O)Nc1ccccc1Cl. The van der Waals surface area contributed by atoms with Gasteiger partial charge in [-0.1, -0.05) is 23.7 Å². The van der Waals surface area contributed by atoms with Crippen molar-refractivity contribution in [1.29, 1.82) is 0 Å². The number of para-hydroxylation sites is 1. The van der Waals surface area contributed by atoms with Crippen molar-refractivity contribution in [1.82, 2.24) is 0 Å². The van der Waals surface area contributed by atoms with E-state index in [0.29, 0.717) is 10.7 Å². The molecule has 0 saturated heterocycles. The number of amides is 1. The number of aromatic carboxylic acids is 1. The molecule has 0 unspecified atom stereocenters. The van der Waals surface area contributed by atoms with Crippen LogP contribution in [-0.4, -0.2) is 17.0 Å². The van der Waals surface area contributed by atoms with Crippen LogP contribution >= 0.6 is 11.6 Å². The van der Waals surface area contributed by atoms with E-state index in [4.69, 9.17) is 21.1 Å². The van der Waals surface area contributed by atoms with Gasteiger partial charge in [-0.25, -0.2) is 4.79 Å². The molecule has 0 fully saturated rings. The normalized spacial score (nSPS) is 10.2. The fourth-order valence-corrected chi connectivity index (χ4v) is 1.75. The molecule has 0 spiro atoms. The minimum Gasteiger partial charge on any atom is -0.478 e. The van der Waals surface area contributed by atoms with Crippen LogP contribution in [0.3, 0.4) is 0 Å². The zero-order chi connectivity index (χ0) is 13.8. The minimum absolute atomic E-state index is 0.0192. The fraction of sp³-hybridized carbons (Fsp3) is 0.0769. The Morgan fingerprint density at radius 1 is 1.26 bits per heavy atom. The lowest BCUT2D eigenvalue weighted by atomic mass is 10.2. The summed E-state index contributed by atoms with van der Waals surface area (Å²) in [6.45, 7) is 0. The van der Waals surface area contributed by atoms with Gasteiger partial charge in [-0.05, 0) is 18.2 Å². The van der Waals surface area contributed by atoms with Gasteiger partial charge in [0.15, 0.2) is 0 Å². The average Bonchev–Trinajstić information content (AvgIpc) is 2.80. The lowest BCUT2D eigenvalue weighted by molar-refractivity contribution is -0.115. The molecular formula is C13H10ClNO4. The molecule has 1 aromatic heterocycles. The standard InChI is InChI=1S/C13H10ClNO4/c14-9-3-1-2-4-10(9)15-12(16)7-11-8(13(17)18)5-6-19-11/h1-6H,7H2,(H,15,16)(H,17,18). The Bertz CT molecular complexity index is 621. The third kappa shape index (κ3) is 3.14. The number of benzene rings is 1. The van der Waals surface area contributed by atoms with Crippen molar-refractivity contribution in [3.05, 3.63) is 52.9 Å². The molecule has 5 nitrogen and oxygen atoms in total. The molecule has 0 aliphatic heterocycles. The number of hydrogen-bond acceptors (Lipinski definition) is 3. The van der Waals surface area contributed by atoms with E-state index in [1.807, 2.05) is 0 Å². The van der Waals surface area contributed by atoms with Gasteiger partial charge < -0.3 is 14.8 Å². The van der Waals surface area contributed by atoms with E-state index < -0.39 is 11.9 Å². The van der Waals surface area contributed by atoms with E-state index in [9.17, 15) is 9.59 Å². The quantitative estimate of drug-likeness (QED) is 0.902. The fourth-order valence-electron chi connectivity index (χ4n) is 1.57. The van der Waals surface area contributed by atoms with Gasteiger partial charge >= 0.3 is 5.97 Å². The van der Waals surface area contributed by atoms with Gasteiger partial charge in [0.25, 0.3) is 0 Å². The van der Waals surface area contributed by atoms with Crippen molar-refractivity contribution in [2.24, 2.45) is 0 Å². The van der Waals surface area contributed by atoms with Crippen LogP contribution in [0.25, 0.3) is 0 Å². The van der Waals surface area contributed by atoms with Gasteiger partial charge in [0.2, 0.25) is 5.91 Å². The van der Waals surface area contributed by atoms with E-state index in [1.165, 1.54) is 12.3 Å². The number of carbonyl (C=O) groups excluding carboxylic acids is 1. The molecule has 2 aromatic rings. The van der Waals surface area contributed by atoms with Gasteiger partial charge in [0, 0.05) is 0 Å². The Hall–Kier alpha value is -2.27. The monoisotopic (exact) mass is 279 g/mol. The second kappa shape index (κ2) is 5.58. The third-order valence-corrected chi connectivity index (χ3v) is 2.77. The van der Waals surface area contributed by atoms with Crippen molar-refractivity contribution < 1.29 is 19.1 Å². The van der Waals surface area contributed by atoms with Crippen LogP contribution in [0.4, 0.5) is 5.69 Å². The Labute approximate surface area is 113 Å². The smallest absolute Gasteiger partial charge is 0.339 e. The van der Waals surface area contributed by atoms with E-state index in [0.717, 1.165) is 0 Å². The summed E-state index contributed by atoms with van der Waals surface area (Å²) in [6.07, 6.45) is 1.07. The van der Waals surface area contributed by atoms with Crippen LogP contribution in [0, 0.1) is 0 Å². The summed E-state index contributed by atoms with van der Waals surface area (Å²) in [7, 11) is 0. The molecule has 0 bridgehead atoms. The van der Waals surface area contributed by atoms with Crippen LogP contribution in [-0.2, 0) is 11.2 Å². The molecule has 6 heteroatoms. The Morgan fingerprint density at radius 3 is 2.68 bits per heavy atom. The van der Waals surface area contributed by atoms with E-state index in [1.54, 1.807) is 24.3 Å². The number of carbonyl (C=O) groups is 2. The molecule has 2 N–H and O–H groups in total. The minimum atomic E-state index is -1.13. The lowest BCUT2D eigenvalue weighted by Crippen LogP contribution is -2.15. The van der Waals surface area contributed by atoms with Crippen LogP contribution in [0.2, 0.25) is 5.02 Å². The molecule has 0 atom stereocenters. The van der Waals surface area contributed by atoms with Gasteiger partial charge in [0.1, 0.15) is 11.3 Å². The molecule has 0 radical (unpaired) electrons. The predicted octanol–water partition coefficient (Wildman–Crippen LogP) is 2.81. The van der Waals surface area contributed by atoms with Gasteiger partial charge in [-0.2, -0.15) is 0 Å². The van der Waals surface area contributed by atoms with Gasteiger partial charge in [0.05, 0.1) is 23.4 Å². The Kier molecular flexibility index (Phi) is 3.87. The number of furan rings is 1. The van der Waals surface area contributed by atoms with E-state index >= 15 is 0 Å². The van der Waals surface area contributed by atoms with Gasteiger partial charge in [-0.3, -0.25) is 4.79 Å². The maximum absolute atomic E-state index is 11.8. The lowest BCUT2D eigenvalue weighted by Gasteiger charge is -2.06. The number of anilines is 1. The molecular weight excluding hydrogens is 270 g/mol. The highest BCUT2D eigenvalue weighted by Gasteiger charge is 2.16. The summed E-state index contributed by atoms with van der Waals surface area (Å²) in [6, 6.07) is 8.08. The molecule has 19 heavy (non-hydrogen) atoms. The summed E-state index contributed by atoms with van der Waals surface area (Å²) in [5.74, 6) is -1.42. The molecule has 0 aliphatic rings. The van der Waals surface area contributed by atoms with Crippen LogP contribution in [0.15, 0.2) is 41.0 Å². The maximum atomic E-state index is 11.8. The summed E-state index contributed by atoms with van der Waals surface area (Å²) in [5, 5.41) is 11.9. The first-order valence-corrected chi connectivity index (χ1v) is 5.80. The highest BCUT2D eigenvalue weighted by molar-refractivity contribution is 6.33. The average molecular weight is 280 g/mol. The van der Waals surface area contributed by atoms with Crippen molar-refractivity contribution in [2.75, 3.05) is 5.32 Å². The molecule has 98 valence electrons. The Balaban J connectivity index is 2.08. The summed E-state index contributed by atoms with van der Waals surface area (Å²) in [5.41, 5.74) is 0.451. The van der Waals surface area contributed by atoms with Crippen molar-refractivity contribution >= 4 is 29.2 Å². The maximum Gasteiger partial charge on any atom is 0.339 e. The number of halogens is 1. The molecule has 1 amide bonds. The van der Waals surface area contributed by atoms with Crippen molar-refractivity contribution in [2.45, 2.75) is 6.42 Å². The molecule has 2 rings (SSSR count). The first kappa shape index (κ1) is 13.2. The van der Waals surface area contributed by atoms with E-state index in [2.05, 4.69) is 5.32 Å². The number of carboxylic acids is 1. The topological polar surface area (TPSA) is 79.5 Å². The third-order valence-electron chi connectivity index (χ3n) is 2.44. The highest BCUT2D eigenvalue weighted by Crippen LogP contribution is 2.21. The first-order valence-electron chi connectivity index (χ1n) is 5.42. The van der Waals surface area contributed by atoms with Crippen molar-refractivity contribution in [3.8, 4) is 0 Å². The van der Waals surface area contributed by atoms with Crippen LogP contribution < -0.4 is 5.32 Å². The zero-order valence-electron chi connectivity index (χ0n) is 9.72. The van der Waals surface area contributed by atoms with Crippen LogP contribution in [0.1, 0.15) is 16.1 Å². The summed E-state index contributed by atoms with van der Waals surface area (Å²) in [4.78, 5) is 22.6. The zero-order valence-corrected chi connectivity index (χ0v) is 10.5. The largest absolute Gasteiger partial charge is 0.478 e. The molecule has 0 saturated carbocycles. The number of rotatable bonds is 4. The van der Waals surface area contributed by atoms with Crippen LogP contribution in [0.5, 0.6) is 0 Å². The van der Waals surface area contributed by atoms with E-state index in [-0.39, 0.29) is 17.7 Å². The number of carboxylic acid groups (broad SMARTS) is 1. The molecule has 1 aromatic carbocycles. The number of nitrogens with one attached hydrogen (secondary N) is 1. The highest BCUT2D eigenvalue weighted by atomic mass is 35.5. The first-order chi connectivity index (χ1) is 9.08. The second-order valence-electron chi connectivity index (χ2n) is 3.77. The molecule has 0 aliphatic carbocycles. The Morgan fingerprint density at radius 2 is 2.00 bits per heavy atom. The van der Waals surface area contributed by atoms with Gasteiger partial charge in [-0.15, -0.1) is 0 Å². The summed E-state index contributed by atoms with van der Waals surface area (Å²) >= 11 is 5.90. The van der Waals surface area contributed by atoms with Crippen molar-refractivity contribution in [3.63, 3.8) is 0 Å². The summed E-state index contributed by atoms with van der Waals surface area (Å²) < 4.78 is 4.99. The molecule has 1 heterocycles.